The van der Waals surface area contributed by atoms with Crippen molar-refractivity contribution in [1.29, 1.82) is 0 Å². The highest BCUT2D eigenvalue weighted by Crippen LogP contribution is 2.37. The second-order valence-electron chi connectivity index (χ2n) is 2.47. The molecule has 0 aromatic carbocycles. The first-order valence-corrected chi connectivity index (χ1v) is 3.53. The summed E-state index contributed by atoms with van der Waals surface area (Å²) in [5.74, 6) is -0.194. The topological polar surface area (TPSA) is 22.1 Å². The third-order valence-electron chi connectivity index (χ3n) is 1.61. The molecule has 0 aliphatic heterocycles. The Balaban J connectivity index is 3.32. The van der Waals surface area contributed by atoms with Crippen molar-refractivity contribution in [3.63, 3.8) is 0 Å². The van der Waals surface area contributed by atoms with Gasteiger partial charge in [0.05, 0.1) is 12.8 Å². The van der Waals surface area contributed by atoms with Gasteiger partial charge < -0.3 is 4.74 Å². The van der Waals surface area contributed by atoms with Gasteiger partial charge in [-0.15, -0.1) is 0 Å². The lowest BCUT2D eigenvalue weighted by Crippen LogP contribution is -2.10. The molecule has 1 rings (SSSR count). The van der Waals surface area contributed by atoms with Crippen LogP contribution >= 0.6 is 0 Å². The van der Waals surface area contributed by atoms with Crippen molar-refractivity contribution in [2.24, 2.45) is 0 Å². The number of aromatic nitrogens is 1. The Hall–Kier alpha value is -1.26. The van der Waals surface area contributed by atoms with Crippen LogP contribution in [-0.2, 0) is 6.18 Å². The molecule has 0 radical (unpaired) electrons. The van der Waals surface area contributed by atoms with Gasteiger partial charge in [-0.2, -0.15) is 13.2 Å². The highest BCUT2D eigenvalue weighted by Gasteiger charge is 2.36. The van der Waals surface area contributed by atoms with Crippen LogP contribution in [0.25, 0.3) is 0 Å². The number of rotatable bonds is 1. The largest absolute Gasteiger partial charge is 0.496 e. The van der Waals surface area contributed by atoms with E-state index < -0.39 is 11.7 Å². The fourth-order valence-electron chi connectivity index (χ4n) is 1.06. The van der Waals surface area contributed by atoms with Crippen molar-refractivity contribution in [2.45, 2.75) is 13.1 Å². The summed E-state index contributed by atoms with van der Waals surface area (Å²) in [6, 6.07) is 1.19. The predicted molar refractivity (Wildman–Crippen MR) is 40.5 cm³/mol. The Morgan fingerprint density at radius 1 is 1.38 bits per heavy atom. The second kappa shape index (κ2) is 3.24. The van der Waals surface area contributed by atoms with E-state index >= 15 is 0 Å². The average molecular weight is 191 g/mol. The summed E-state index contributed by atoms with van der Waals surface area (Å²) in [5, 5.41) is 0. The number of nitrogens with zero attached hydrogens (tertiary/aromatic N) is 1. The van der Waals surface area contributed by atoms with Crippen molar-refractivity contribution < 1.29 is 17.9 Å². The van der Waals surface area contributed by atoms with Gasteiger partial charge in [0.25, 0.3) is 0 Å². The zero-order valence-corrected chi connectivity index (χ0v) is 7.14. The van der Waals surface area contributed by atoms with E-state index in [1.54, 1.807) is 0 Å². The minimum absolute atomic E-state index is 0.0770. The van der Waals surface area contributed by atoms with Crippen LogP contribution < -0.4 is 4.74 Å². The van der Waals surface area contributed by atoms with Crippen molar-refractivity contribution in [1.82, 2.24) is 4.98 Å². The van der Waals surface area contributed by atoms with Crippen LogP contribution in [0.1, 0.15) is 11.3 Å². The summed E-state index contributed by atoms with van der Waals surface area (Å²) in [6.07, 6.45) is -3.13. The average Bonchev–Trinajstić information content (AvgIpc) is 2.01. The Morgan fingerprint density at radius 2 is 2.00 bits per heavy atom. The molecule has 72 valence electrons. The minimum Gasteiger partial charge on any atom is -0.496 e. The van der Waals surface area contributed by atoms with Gasteiger partial charge in [0, 0.05) is 6.20 Å². The van der Waals surface area contributed by atoms with Gasteiger partial charge in [-0.05, 0) is 13.0 Å². The number of aryl methyl sites for hydroxylation is 1. The highest BCUT2D eigenvalue weighted by atomic mass is 19.4. The van der Waals surface area contributed by atoms with Crippen LogP contribution in [-0.4, -0.2) is 12.1 Å². The van der Waals surface area contributed by atoms with Gasteiger partial charge in [0.1, 0.15) is 11.3 Å². The summed E-state index contributed by atoms with van der Waals surface area (Å²) >= 11 is 0. The molecule has 0 saturated heterocycles. The van der Waals surface area contributed by atoms with Crippen molar-refractivity contribution >= 4 is 0 Å². The number of alkyl halides is 3. The molecule has 1 heterocycles. The van der Waals surface area contributed by atoms with Crippen LogP contribution in [0.3, 0.4) is 0 Å². The maximum absolute atomic E-state index is 12.4. The first-order chi connectivity index (χ1) is 5.96. The first kappa shape index (κ1) is 9.83. The fourth-order valence-corrected chi connectivity index (χ4v) is 1.06. The molecular weight excluding hydrogens is 183 g/mol. The SMILES string of the molecule is COc1ccnc(C)c1C(F)(F)F. The zero-order chi connectivity index (χ0) is 10.1. The summed E-state index contributed by atoms with van der Waals surface area (Å²) in [6.45, 7) is 1.30. The van der Waals surface area contributed by atoms with Gasteiger partial charge in [-0.25, -0.2) is 0 Å². The van der Waals surface area contributed by atoms with E-state index in [0.29, 0.717) is 0 Å². The molecule has 0 spiro atoms. The van der Waals surface area contributed by atoms with Crippen LogP contribution in [0.4, 0.5) is 13.2 Å². The molecule has 0 N–H and O–H groups in total. The fraction of sp³-hybridized carbons (Fsp3) is 0.375. The van der Waals surface area contributed by atoms with Gasteiger partial charge in [0.15, 0.2) is 0 Å². The van der Waals surface area contributed by atoms with Crippen LogP contribution in [0.5, 0.6) is 5.75 Å². The number of methoxy groups -OCH3 is 1. The molecule has 0 fully saturated rings. The van der Waals surface area contributed by atoms with Crippen molar-refractivity contribution in [2.75, 3.05) is 7.11 Å². The van der Waals surface area contributed by atoms with E-state index in [2.05, 4.69) is 9.72 Å². The third-order valence-corrected chi connectivity index (χ3v) is 1.61. The van der Waals surface area contributed by atoms with E-state index in [0.717, 1.165) is 0 Å². The molecule has 5 heteroatoms. The number of halogens is 3. The zero-order valence-electron chi connectivity index (χ0n) is 7.14. The molecule has 13 heavy (non-hydrogen) atoms. The molecular formula is C8H8F3NO. The highest BCUT2D eigenvalue weighted by molar-refractivity contribution is 5.37. The number of pyridine rings is 1. The Bertz CT molecular complexity index is 309. The summed E-state index contributed by atoms with van der Waals surface area (Å²) in [4.78, 5) is 3.55. The first-order valence-electron chi connectivity index (χ1n) is 3.53. The van der Waals surface area contributed by atoms with Crippen LogP contribution in [0.15, 0.2) is 12.3 Å². The molecule has 1 aromatic rings. The van der Waals surface area contributed by atoms with Gasteiger partial charge >= 0.3 is 6.18 Å². The van der Waals surface area contributed by atoms with E-state index in [1.165, 1.54) is 26.3 Å². The van der Waals surface area contributed by atoms with Gasteiger partial charge in [0.2, 0.25) is 0 Å². The molecule has 0 atom stereocenters. The molecule has 0 aliphatic rings. The molecule has 0 unspecified atom stereocenters. The standard InChI is InChI=1S/C8H8F3NO/c1-5-7(8(9,10)11)6(13-2)3-4-12-5/h3-4H,1-2H3. The van der Waals surface area contributed by atoms with E-state index in [-0.39, 0.29) is 11.4 Å². The van der Waals surface area contributed by atoms with Crippen LogP contribution in [0, 0.1) is 6.92 Å². The number of ether oxygens (including phenoxy) is 1. The summed E-state index contributed by atoms with van der Waals surface area (Å²) in [5.41, 5.74) is -0.885. The summed E-state index contributed by atoms with van der Waals surface area (Å²) < 4.78 is 41.7. The number of hydrogen-bond acceptors (Lipinski definition) is 2. The van der Waals surface area contributed by atoms with Crippen molar-refractivity contribution in [3.05, 3.63) is 23.5 Å². The second-order valence-corrected chi connectivity index (χ2v) is 2.47. The quantitative estimate of drug-likeness (QED) is 0.680. The maximum atomic E-state index is 12.4. The Kier molecular flexibility index (Phi) is 2.45. The number of hydrogen-bond donors (Lipinski definition) is 0. The third kappa shape index (κ3) is 1.91. The Morgan fingerprint density at radius 3 is 2.38 bits per heavy atom. The lowest BCUT2D eigenvalue weighted by atomic mass is 10.2. The molecule has 0 bridgehead atoms. The minimum atomic E-state index is -4.41. The summed E-state index contributed by atoms with van der Waals surface area (Å²) in [7, 11) is 1.20. The Labute approximate surface area is 73.4 Å². The smallest absolute Gasteiger partial charge is 0.421 e. The lowest BCUT2D eigenvalue weighted by Gasteiger charge is -2.12. The molecule has 0 saturated carbocycles. The monoisotopic (exact) mass is 191 g/mol. The van der Waals surface area contributed by atoms with E-state index in [1.807, 2.05) is 0 Å². The van der Waals surface area contributed by atoms with Gasteiger partial charge in [-0.3, -0.25) is 4.98 Å². The molecule has 1 aromatic heterocycles. The molecule has 0 amide bonds. The normalized spacial score (nSPS) is 11.5. The molecule has 2 nitrogen and oxygen atoms in total. The predicted octanol–water partition coefficient (Wildman–Crippen LogP) is 2.42. The van der Waals surface area contributed by atoms with E-state index in [9.17, 15) is 13.2 Å². The maximum Gasteiger partial charge on any atom is 0.421 e. The lowest BCUT2D eigenvalue weighted by molar-refractivity contribution is -0.139. The van der Waals surface area contributed by atoms with Crippen LogP contribution in [0.2, 0.25) is 0 Å². The van der Waals surface area contributed by atoms with Crippen molar-refractivity contribution in [3.8, 4) is 5.75 Å². The molecule has 0 aliphatic carbocycles. The van der Waals surface area contributed by atoms with Gasteiger partial charge in [-0.1, -0.05) is 0 Å². The van der Waals surface area contributed by atoms with E-state index in [4.69, 9.17) is 0 Å².